The molecule has 5 atom stereocenters. The van der Waals surface area contributed by atoms with Gasteiger partial charge in [-0.1, -0.05) is 6.07 Å². The number of thiazole rings is 1. The first-order valence-electron chi connectivity index (χ1n) is 12.6. The maximum atomic E-state index is 14.6. The van der Waals surface area contributed by atoms with Gasteiger partial charge >= 0.3 is 11.9 Å². The topological polar surface area (TPSA) is 113 Å². The summed E-state index contributed by atoms with van der Waals surface area (Å²) in [6.45, 7) is 3.12. The number of aromatic nitrogens is 1. The Morgan fingerprint density at radius 2 is 2.18 bits per heavy atom. The van der Waals surface area contributed by atoms with E-state index in [2.05, 4.69) is 31.1 Å². The van der Waals surface area contributed by atoms with Crippen molar-refractivity contribution in [1.82, 2.24) is 15.2 Å². The molecule has 1 unspecified atom stereocenters. The van der Waals surface area contributed by atoms with Crippen LogP contribution >= 0.6 is 27.3 Å². The predicted octanol–water partition coefficient (Wildman–Crippen LogP) is 3.66. The van der Waals surface area contributed by atoms with Gasteiger partial charge in [0.25, 0.3) is 0 Å². The lowest BCUT2D eigenvalue weighted by Gasteiger charge is -2.71. The molecule has 39 heavy (non-hydrogen) atoms. The number of hydrogen-bond acceptors (Lipinski definition) is 9. The third kappa shape index (κ3) is 4.12. The van der Waals surface area contributed by atoms with E-state index in [1.807, 2.05) is 0 Å². The van der Waals surface area contributed by atoms with Crippen molar-refractivity contribution in [2.45, 2.75) is 37.9 Å². The molecule has 0 bridgehead atoms. The number of aliphatic carboxylic acids is 1. The molecule has 9 nitrogen and oxygen atoms in total. The van der Waals surface area contributed by atoms with Crippen LogP contribution in [0.4, 0.5) is 8.78 Å². The van der Waals surface area contributed by atoms with Crippen LogP contribution in [0.3, 0.4) is 0 Å². The van der Waals surface area contributed by atoms with Gasteiger partial charge in [-0.2, -0.15) is 0 Å². The monoisotopic (exact) mass is 622 g/mol. The summed E-state index contributed by atoms with van der Waals surface area (Å²) in [5.41, 5.74) is 0.795. The van der Waals surface area contributed by atoms with Gasteiger partial charge in [-0.15, -0.1) is 11.3 Å². The van der Waals surface area contributed by atoms with Crippen LogP contribution in [0.1, 0.15) is 36.4 Å². The summed E-state index contributed by atoms with van der Waals surface area (Å²) in [6.07, 6.45) is 2.46. The van der Waals surface area contributed by atoms with E-state index < -0.39 is 29.6 Å². The van der Waals surface area contributed by atoms with Gasteiger partial charge in [0.1, 0.15) is 6.04 Å². The fraction of sp³-hybridized carbons (Fsp3) is 0.462. The molecule has 206 valence electrons. The number of halogens is 3. The number of carboxylic acid groups (broad SMARTS) is 1. The third-order valence-corrected chi connectivity index (χ3v) is 9.90. The van der Waals surface area contributed by atoms with E-state index in [0.717, 1.165) is 12.5 Å². The van der Waals surface area contributed by atoms with E-state index in [9.17, 15) is 23.5 Å². The molecule has 2 saturated heterocycles. The molecule has 13 heteroatoms. The summed E-state index contributed by atoms with van der Waals surface area (Å²) >= 11 is 4.52. The molecule has 1 aromatic carbocycles. The van der Waals surface area contributed by atoms with Crippen LogP contribution in [-0.4, -0.2) is 71.2 Å². The van der Waals surface area contributed by atoms with Gasteiger partial charge < -0.3 is 19.9 Å². The first-order chi connectivity index (χ1) is 18.8. The maximum Gasteiger partial charge on any atom is 0.338 e. The second-order valence-corrected chi connectivity index (χ2v) is 11.8. The molecule has 1 aromatic heterocycles. The average molecular weight is 623 g/mol. The first kappa shape index (κ1) is 26.5. The molecule has 6 rings (SSSR count). The van der Waals surface area contributed by atoms with Crippen LogP contribution in [0.2, 0.25) is 0 Å². The van der Waals surface area contributed by atoms with E-state index in [4.69, 9.17) is 14.5 Å². The van der Waals surface area contributed by atoms with Crippen molar-refractivity contribution >= 4 is 45.0 Å². The number of esters is 1. The lowest BCUT2D eigenvalue weighted by Crippen LogP contribution is -2.80. The minimum Gasteiger partial charge on any atom is -0.481 e. The molecular formula is C26H25BrF2N4O5S. The summed E-state index contributed by atoms with van der Waals surface area (Å²) in [7, 11) is 0. The standard InChI is InChI=1S/C26H25BrF2N4O5S/c1-2-38-25(36)19-15(9-33-16-7-12(8-18(34)35)26(16)11-37-10-17(26)33)31-23(24-30-5-6-39-24)32-22(19)13-3-4-14(28)21(29)20(13)27/h3-6,12,16-17,22H,2,7-11H2,1H3,(H,31,32)(H,34,35)/t12-,16-,17-,22+,26?/m1/s1. The van der Waals surface area contributed by atoms with Crippen molar-refractivity contribution in [2.24, 2.45) is 16.3 Å². The number of ether oxygens (including phenoxy) is 2. The van der Waals surface area contributed by atoms with Gasteiger partial charge in [-0.25, -0.2) is 18.6 Å². The van der Waals surface area contributed by atoms with Gasteiger partial charge in [0, 0.05) is 47.7 Å². The highest BCUT2D eigenvalue weighted by atomic mass is 79.9. The molecule has 0 radical (unpaired) electrons. The Bertz CT molecular complexity index is 1400. The molecule has 4 heterocycles. The molecule has 1 saturated carbocycles. The second kappa shape index (κ2) is 10.0. The number of carbonyl (C=O) groups is 2. The Morgan fingerprint density at radius 1 is 1.36 bits per heavy atom. The zero-order chi connectivity index (χ0) is 27.5. The highest BCUT2D eigenvalue weighted by Crippen LogP contribution is 2.65. The molecule has 1 spiro atoms. The minimum atomic E-state index is -1.07. The number of hydrogen-bond donors (Lipinski definition) is 2. The Kier molecular flexibility index (Phi) is 6.81. The number of piperidine rings is 1. The largest absolute Gasteiger partial charge is 0.481 e. The number of nitrogens with zero attached hydrogens (tertiary/aromatic N) is 3. The van der Waals surface area contributed by atoms with Crippen molar-refractivity contribution in [3.63, 3.8) is 0 Å². The molecule has 0 amide bonds. The lowest BCUT2D eigenvalue weighted by atomic mass is 9.46. The number of carboxylic acids is 1. The number of benzene rings is 1. The van der Waals surface area contributed by atoms with Crippen molar-refractivity contribution in [3.05, 3.63) is 61.7 Å². The number of likely N-dealkylation sites (tertiary alicyclic amines) is 1. The lowest BCUT2D eigenvalue weighted by molar-refractivity contribution is -0.222. The van der Waals surface area contributed by atoms with E-state index in [-0.39, 0.29) is 52.1 Å². The van der Waals surface area contributed by atoms with Crippen molar-refractivity contribution in [2.75, 3.05) is 26.4 Å². The molecule has 2 N–H and O–H groups in total. The summed E-state index contributed by atoms with van der Waals surface area (Å²) in [4.78, 5) is 36.2. The van der Waals surface area contributed by atoms with E-state index in [0.29, 0.717) is 36.3 Å². The van der Waals surface area contributed by atoms with E-state index in [1.165, 1.54) is 17.4 Å². The fourth-order valence-corrected chi connectivity index (χ4v) is 7.72. The number of carbonyl (C=O) groups excluding carboxylic acids is 1. The Hall–Kier alpha value is -2.74. The normalized spacial score (nSPS) is 29.5. The van der Waals surface area contributed by atoms with Crippen LogP contribution in [0.15, 0.2) is 44.4 Å². The van der Waals surface area contributed by atoms with Crippen molar-refractivity contribution < 1.29 is 33.0 Å². The Labute approximate surface area is 235 Å². The quantitative estimate of drug-likeness (QED) is 0.339. The first-order valence-corrected chi connectivity index (χ1v) is 14.3. The van der Waals surface area contributed by atoms with Gasteiger partial charge in [0.15, 0.2) is 22.5 Å². The fourth-order valence-electron chi connectivity index (χ4n) is 6.59. The number of aliphatic imine (C=N–C) groups is 1. The van der Waals surface area contributed by atoms with Gasteiger partial charge in [-0.05, 0) is 46.8 Å². The number of rotatable bonds is 8. The molecule has 3 aliphatic heterocycles. The van der Waals surface area contributed by atoms with Crippen LogP contribution in [0, 0.1) is 23.0 Å². The van der Waals surface area contributed by atoms with Crippen molar-refractivity contribution in [1.29, 1.82) is 0 Å². The predicted molar refractivity (Wildman–Crippen MR) is 140 cm³/mol. The minimum absolute atomic E-state index is 0.00831. The van der Waals surface area contributed by atoms with Crippen LogP contribution in [0.5, 0.6) is 0 Å². The number of nitrogens with one attached hydrogen (secondary N) is 1. The van der Waals surface area contributed by atoms with Crippen molar-refractivity contribution in [3.8, 4) is 0 Å². The third-order valence-electron chi connectivity index (χ3n) is 8.31. The van der Waals surface area contributed by atoms with Gasteiger partial charge in [0.05, 0.1) is 29.9 Å². The van der Waals surface area contributed by atoms with Crippen LogP contribution in [-0.2, 0) is 19.1 Å². The summed E-state index contributed by atoms with van der Waals surface area (Å²) in [5, 5.41) is 15.0. The van der Waals surface area contributed by atoms with Crippen LogP contribution in [0.25, 0.3) is 0 Å². The second-order valence-electron chi connectivity index (χ2n) is 10.1. The smallest absolute Gasteiger partial charge is 0.338 e. The van der Waals surface area contributed by atoms with Crippen LogP contribution < -0.4 is 5.32 Å². The zero-order valence-corrected chi connectivity index (χ0v) is 23.2. The molecule has 4 aliphatic rings. The average Bonchev–Trinajstić information content (AvgIpc) is 3.59. The molecule has 2 aromatic rings. The highest BCUT2D eigenvalue weighted by molar-refractivity contribution is 9.10. The van der Waals surface area contributed by atoms with E-state index >= 15 is 0 Å². The SMILES string of the molecule is CCOC(=O)C1=C(CN2[C@@H]3COCC34[C@@H](CC(=O)O)C[C@@H]24)NC(c2nccs2)=N[C@H]1c1ccc(F)c(F)c1Br. The van der Waals surface area contributed by atoms with E-state index in [1.54, 1.807) is 18.5 Å². The summed E-state index contributed by atoms with van der Waals surface area (Å²) < 4.78 is 39.8. The Morgan fingerprint density at radius 3 is 2.90 bits per heavy atom. The summed E-state index contributed by atoms with van der Waals surface area (Å²) in [5.74, 6) is -3.08. The molecule has 3 fully saturated rings. The highest BCUT2D eigenvalue weighted by Gasteiger charge is 2.73. The Balaban J connectivity index is 1.41. The number of amidine groups is 1. The van der Waals surface area contributed by atoms with Gasteiger partial charge in [-0.3, -0.25) is 14.7 Å². The summed E-state index contributed by atoms with van der Waals surface area (Å²) in [6, 6.07) is 1.54. The molecule has 1 aliphatic carbocycles. The zero-order valence-electron chi connectivity index (χ0n) is 20.8. The maximum absolute atomic E-state index is 14.6. The molecular weight excluding hydrogens is 598 g/mol. The van der Waals surface area contributed by atoms with Gasteiger partial charge in [0.2, 0.25) is 0 Å².